The van der Waals surface area contributed by atoms with E-state index < -0.39 is 0 Å². The van der Waals surface area contributed by atoms with Crippen LogP contribution in [0.1, 0.15) is 13.3 Å². The molecule has 7 nitrogen and oxygen atoms in total. The van der Waals surface area contributed by atoms with Crippen LogP contribution in [0.25, 0.3) is 0 Å². The Morgan fingerprint density at radius 2 is 1.71 bits per heavy atom. The lowest BCUT2D eigenvalue weighted by molar-refractivity contribution is 0.184. The van der Waals surface area contributed by atoms with Gasteiger partial charge in [0.25, 0.3) is 0 Å². The molecule has 0 saturated heterocycles. The van der Waals surface area contributed by atoms with E-state index in [1.54, 1.807) is 41.6 Å². The van der Waals surface area contributed by atoms with Gasteiger partial charge in [-0.3, -0.25) is 4.57 Å². The van der Waals surface area contributed by atoms with Crippen LogP contribution in [-0.2, 0) is 0 Å². The monoisotopic (exact) mass is 485 g/mol. The number of aromatic hydroxyl groups is 2. The van der Waals surface area contributed by atoms with Crippen LogP contribution in [0.3, 0.4) is 0 Å². The average Bonchev–Trinajstić information content (AvgIpc) is 3.26. The molecule has 0 aliphatic heterocycles. The van der Waals surface area contributed by atoms with Gasteiger partial charge < -0.3 is 19.8 Å². The van der Waals surface area contributed by atoms with Gasteiger partial charge in [0.2, 0.25) is 0 Å². The van der Waals surface area contributed by atoms with Crippen molar-refractivity contribution >= 4 is 40.8 Å². The van der Waals surface area contributed by atoms with Crippen molar-refractivity contribution in [3.63, 3.8) is 0 Å². The third-order valence-corrected chi connectivity index (χ3v) is 4.72. The molecule has 0 unspecified atom stereocenters. The summed E-state index contributed by atoms with van der Waals surface area (Å²) in [5, 5.41) is 18.5. The molecule has 0 fully saturated rings. The van der Waals surface area contributed by atoms with E-state index in [9.17, 15) is 4.79 Å². The van der Waals surface area contributed by atoms with Crippen LogP contribution in [-0.4, -0.2) is 50.4 Å². The number of nitrogens with zero attached hydrogens (tertiary/aromatic N) is 3. The molecule has 3 rings (SSSR count). The van der Waals surface area contributed by atoms with E-state index >= 15 is 0 Å². The molecule has 1 aromatic heterocycles. The standard InChI is InChI=1S/C15H16Cl3N3O2.C6H6O2/c1-2-4-20(15(22)21-5-3-19-10-21)6-7-23-14-12(17)8-11(16)9-13(14)18;7-5-3-1-2-4-6(5)8/h3,5,8-10H,2,4,6-7H2,1H3;1-4,7-8H. The van der Waals surface area contributed by atoms with Gasteiger partial charge >= 0.3 is 6.03 Å². The minimum atomic E-state index is -0.152. The largest absolute Gasteiger partial charge is 0.504 e. The molecule has 0 spiro atoms. The number of ether oxygens (including phenoxy) is 1. The second-order valence-corrected chi connectivity index (χ2v) is 7.53. The number of imidazole rings is 1. The molecule has 31 heavy (non-hydrogen) atoms. The number of rotatable bonds is 6. The van der Waals surface area contributed by atoms with E-state index in [0.717, 1.165) is 6.42 Å². The van der Waals surface area contributed by atoms with Crippen molar-refractivity contribution in [1.29, 1.82) is 0 Å². The van der Waals surface area contributed by atoms with Gasteiger partial charge in [0.1, 0.15) is 12.9 Å². The molecule has 2 aromatic carbocycles. The van der Waals surface area contributed by atoms with Crippen molar-refractivity contribution in [2.45, 2.75) is 13.3 Å². The molecule has 166 valence electrons. The molecule has 0 aliphatic rings. The SMILES string of the molecule is CCCN(CCOc1c(Cl)cc(Cl)cc1Cl)C(=O)n1ccnc1.Oc1ccccc1O. The van der Waals surface area contributed by atoms with Crippen molar-refractivity contribution in [2.75, 3.05) is 19.7 Å². The number of phenols is 2. The van der Waals surface area contributed by atoms with Gasteiger partial charge in [0.15, 0.2) is 17.2 Å². The van der Waals surface area contributed by atoms with Gasteiger partial charge in [-0.1, -0.05) is 53.9 Å². The zero-order valence-corrected chi connectivity index (χ0v) is 19.0. The van der Waals surface area contributed by atoms with E-state index in [1.165, 1.54) is 23.0 Å². The number of carbonyl (C=O) groups is 1. The van der Waals surface area contributed by atoms with Crippen LogP contribution in [0.15, 0.2) is 55.1 Å². The highest BCUT2D eigenvalue weighted by molar-refractivity contribution is 6.40. The van der Waals surface area contributed by atoms with Crippen LogP contribution in [0, 0.1) is 0 Å². The van der Waals surface area contributed by atoms with Gasteiger partial charge in [-0.05, 0) is 30.7 Å². The summed E-state index contributed by atoms with van der Waals surface area (Å²) in [6.45, 7) is 3.28. The Morgan fingerprint density at radius 3 is 2.19 bits per heavy atom. The van der Waals surface area contributed by atoms with Crippen molar-refractivity contribution in [3.8, 4) is 17.2 Å². The van der Waals surface area contributed by atoms with Crippen LogP contribution in [0.4, 0.5) is 4.79 Å². The first-order chi connectivity index (χ1) is 14.8. The Balaban J connectivity index is 0.000000357. The Morgan fingerprint density at radius 1 is 1.10 bits per heavy atom. The maximum atomic E-state index is 12.3. The molecule has 0 saturated carbocycles. The zero-order chi connectivity index (χ0) is 22.8. The molecule has 0 atom stereocenters. The maximum absolute atomic E-state index is 12.3. The highest BCUT2D eigenvalue weighted by atomic mass is 35.5. The van der Waals surface area contributed by atoms with Crippen LogP contribution in [0.5, 0.6) is 17.2 Å². The second kappa shape index (κ2) is 12.3. The fourth-order valence-corrected chi connectivity index (χ4v) is 3.42. The fraction of sp³-hybridized carbons (Fsp3) is 0.238. The maximum Gasteiger partial charge on any atom is 0.329 e. The van der Waals surface area contributed by atoms with Gasteiger partial charge in [-0.15, -0.1) is 0 Å². The Labute approximate surface area is 195 Å². The lowest BCUT2D eigenvalue weighted by Gasteiger charge is -2.22. The number of carbonyl (C=O) groups excluding carboxylic acids is 1. The summed E-state index contributed by atoms with van der Waals surface area (Å²) in [5.74, 6) is 0.212. The fourth-order valence-electron chi connectivity index (χ4n) is 2.50. The van der Waals surface area contributed by atoms with Crippen LogP contribution in [0.2, 0.25) is 15.1 Å². The number of para-hydroxylation sites is 2. The molecule has 1 amide bonds. The number of halogens is 3. The summed E-state index contributed by atoms with van der Waals surface area (Å²) >= 11 is 18.0. The number of aromatic nitrogens is 2. The van der Waals surface area contributed by atoms with Gasteiger partial charge in [0, 0.05) is 24.0 Å². The van der Waals surface area contributed by atoms with E-state index in [0.29, 0.717) is 33.9 Å². The predicted octanol–water partition coefficient (Wildman–Crippen LogP) is 5.70. The molecule has 1 heterocycles. The first kappa shape index (κ1) is 24.7. The summed E-state index contributed by atoms with van der Waals surface area (Å²) in [4.78, 5) is 17.9. The quantitative estimate of drug-likeness (QED) is 0.436. The second-order valence-electron chi connectivity index (χ2n) is 6.28. The lowest BCUT2D eigenvalue weighted by Crippen LogP contribution is -2.37. The van der Waals surface area contributed by atoms with Crippen molar-refractivity contribution < 1.29 is 19.7 Å². The molecular formula is C21H22Cl3N3O4. The van der Waals surface area contributed by atoms with E-state index in [-0.39, 0.29) is 24.1 Å². The highest BCUT2D eigenvalue weighted by Gasteiger charge is 2.15. The lowest BCUT2D eigenvalue weighted by atomic mass is 10.3. The third-order valence-electron chi connectivity index (χ3n) is 3.94. The Hall–Kier alpha value is -2.61. The normalized spacial score (nSPS) is 10.2. The van der Waals surface area contributed by atoms with Gasteiger partial charge in [-0.25, -0.2) is 9.78 Å². The molecule has 3 aromatic rings. The van der Waals surface area contributed by atoms with Crippen LogP contribution < -0.4 is 4.74 Å². The van der Waals surface area contributed by atoms with Gasteiger partial charge in [-0.2, -0.15) is 0 Å². The topological polar surface area (TPSA) is 87.8 Å². The molecule has 0 bridgehead atoms. The first-order valence-electron chi connectivity index (χ1n) is 9.35. The Kier molecular flexibility index (Phi) is 9.78. The van der Waals surface area contributed by atoms with Crippen molar-refractivity contribution in [1.82, 2.24) is 14.5 Å². The highest BCUT2D eigenvalue weighted by Crippen LogP contribution is 2.35. The minimum Gasteiger partial charge on any atom is -0.504 e. The molecule has 10 heteroatoms. The van der Waals surface area contributed by atoms with E-state index in [1.807, 2.05) is 6.92 Å². The summed E-state index contributed by atoms with van der Waals surface area (Å²) in [5.41, 5.74) is 0. The van der Waals surface area contributed by atoms with Crippen molar-refractivity contribution in [3.05, 3.63) is 70.2 Å². The molecule has 2 N–H and O–H groups in total. The third kappa shape index (κ3) is 7.54. The van der Waals surface area contributed by atoms with E-state index in [4.69, 9.17) is 49.8 Å². The number of benzene rings is 2. The summed E-state index contributed by atoms with van der Waals surface area (Å²) in [6.07, 6.45) is 5.48. The molecule has 0 radical (unpaired) electrons. The number of hydrogen-bond acceptors (Lipinski definition) is 5. The summed E-state index contributed by atoms with van der Waals surface area (Å²) in [6, 6.07) is 9.12. The molecule has 0 aliphatic carbocycles. The smallest absolute Gasteiger partial charge is 0.329 e. The Bertz CT molecular complexity index is 940. The summed E-state index contributed by atoms with van der Waals surface area (Å²) in [7, 11) is 0. The number of hydrogen-bond donors (Lipinski definition) is 2. The number of amides is 1. The minimum absolute atomic E-state index is 0.0764. The zero-order valence-electron chi connectivity index (χ0n) is 16.7. The molecular weight excluding hydrogens is 465 g/mol. The summed E-state index contributed by atoms with van der Waals surface area (Å²) < 4.78 is 7.05. The van der Waals surface area contributed by atoms with Crippen molar-refractivity contribution in [2.24, 2.45) is 0 Å². The first-order valence-corrected chi connectivity index (χ1v) is 10.5. The van der Waals surface area contributed by atoms with E-state index in [2.05, 4.69) is 4.98 Å². The van der Waals surface area contributed by atoms with Gasteiger partial charge in [0.05, 0.1) is 16.6 Å². The average molecular weight is 487 g/mol. The predicted molar refractivity (Wildman–Crippen MR) is 122 cm³/mol. The van der Waals surface area contributed by atoms with Crippen LogP contribution >= 0.6 is 34.8 Å². The number of phenolic OH excluding ortho intramolecular Hbond substituents is 2.